The smallest absolute Gasteiger partial charge is 0.251 e. The van der Waals surface area contributed by atoms with E-state index >= 15 is 0 Å². The fourth-order valence-corrected chi connectivity index (χ4v) is 5.00. The number of aromatic nitrogens is 1. The second-order valence-corrected chi connectivity index (χ2v) is 9.00. The Morgan fingerprint density at radius 2 is 2.04 bits per heavy atom. The summed E-state index contributed by atoms with van der Waals surface area (Å²) >= 11 is 3.42. The minimum Gasteiger partial charge on any atom is -0.348 e. The molecule has 1 atom stereocenters. The number of hydrogen-bond acceptors (Lipinski definition) is 5. The summed E-state index contributed by atoms with van der Waals surface area (Å²) < 4.78 is 0. The molecule has 3 N–H and O–H groups in total. The molecule has 26 heavy (non-hydrogen) atoms. The first-order valence-electron chi connectivity index (χ1n) is 9.30. The summed E-state index contributed by atoms with van der Waals surface area (Å²) in [5.41, 5.74) is 7.74. The van der Waals surface area contributed by atoms with E-state index in [1.54, 1.807) is 23.1 Å². The summed E-state index contributed by atoms with van der Waals surface area (Å²) in [5.74, 6) is 1.36. The molecule has 1 amide bonds. The highest BCUT2D eigenvalue weighted by Gasteiger charge is 2.24. The molecule has 1 heterocycles. The maximum atomic E-state index is 12.6. The predicted octanol–water partition coefficient (Wildman–Crippen LogP) is 4.38. The summed E-state index contributed by atoms with van der Waals surface area (Å²) in [6.07, 6.45) is 6.16. The lowest BCUT2D eigenvalue weighted by Gasteiger charge is -2.30. The number of aryl methyl sites for hydroxylation is 1. The molecule has 2 aromatic rings. The van der Waals surface area contributed by atoms with Gasteiger partial charge in [0.2, 0.25) is 0 Å². The largest absolute Gasteiger partial charge is 0.348 e. The van der Waals surface area contributed by atoms with E-state index in [2.05, 4.69) is 15.7 Å². The second-order valence-electron chi connectivity index (χ2n) is 6.88. The molecule has 3 rings (SSSR count). The van der Waals surface area contributed by atoms with Crippen molar-refractivity contribution in [2.75, 3.05) is 6.54 Å². The van der Waals surface area contributed by atoms with Crippen LogP contribution in [-0.4, -0.2) is 23.5 Å². The normalized spacial score (nSPS) is 16.4. The van der Waals surface area contributed by atoms with E-state index < -0.39 is 0 Å². The number of hydrogen-bond donors (Lipinski definition) is 2. The molecule has 1 unspecified atom stereocenters. The molecule has 1 saturated carbocycles. The van der Waals surface area contributed by atoms with Crippen molar-refractivity contribution in [2.45, 2.75) is 55.7 Å². The standard InChI is InChI=1S/C20H27N3OS2/c1-14-22-17(12-25-14)13-26-18-9-7-16(8-10-18)20(24)23-19(11-21)15-5-3-2-4-6-15/h7-10,12,15,19H,2-6,11,13,21H2,1H3,(H,23,24). The highest BCUT2D eigenvalue weighted by atomic mass is 32.2. The van der Waals surface area contributed by atoms with Gasteiger partial charge in [0.05, 0.1) is 10.7 Å². The van der Waals surface area contributed by atoms with Gasteiger partial charge in [-0.2, -0.15) is 0 Å². The van der Waals surface area contributed by atoms with Crippen molar-refractivity contribution in [1.82, 2.24) is 10.3 Å². The molecule has 6 heteroatoms. The fourth-order valence-electron chi connectivity index (χ4n) is 3.49. The van der Waals surface area contributed by atoms with Crippen LogP contribution in [0.15, 0.2) is 34.5 Å². The number of nitrogens with one attached hydrogen (secondary N) is 1. The van der Waals surface area contributed by atoms with Gasteiger partial charge >= 0.3 is 0 Å². The third kappa shape index (κ3) is 5.32. The summed E-state index contributed by atoms with van der Waals surface area (Å²) in [7, 11) is 0. The quantitative estimate of drug-likeness (QED) is 0.690. The first-order valence-corrected chi connectivity index (χ1v) is 11.2. The van der Waals surface area contributed by atoms with Crippen molar-refractivity contribution in [1.29, 1.82) is 0 Å². The van der Waals surface area contributed by atoms with Crippen molar-refractivity contribution in [3.63, 3.8) is 0 Å². The van der Waals surface area contributed by atoms with E-state index in [-0.39, 0.29) is 11.9 Å². The second kappa shape index (κ2) is 9.53. The number of amides is 1. The van der Waals surface area contributed by atoms with Crippen LogP contribution in [0.1, 0.15) is 53.2 Å². The van der Waals surface area contributed by atoms with E-state index in [4.69, 9.17) is 5.73 Å². The average molecular weight is 390 g/mol. The van der Waals surface area contributed by atoms with Crippen molar-refractivity contribution in [2.24, 2.45) is 11.7 Å². The highest BCUT2D eigenvalue weighted by molar-refractivity contribution is 7.98. The van der Waals surface area contributed by atoms with Crippen LogP contribution in [0.25, 0.3) is 0 Å². The number of carbonyl (C=O) groups is 1. The van der Waals surface area contributed by atoms with Crippen molar-refractivity contribution < 1.29 is 4.79 Å². The van der Waals surface area contributed by atoms with Crippen LogP contribution < -0.4 is 11.1 Å². The molecule has 4 nitrogen and oxygen atoms in total. The Morgan fingerprint density at radius 1 is 1.31 bits per heavy atom. The molecule has 1 aliphatic rings. The summed E-state index contributed by atoms with van der Waals surface area (Å²) in [6, 6.07) is 7.91. The molecule has 0 bridgehead atoms. The number of carbonyl (C=O) groups excluding carboxylic acids is 1. The van der Waals surface area contributed by atoms with E-state index in [1.807, 2.05) is 31.2 Å². The lowest BCUT2D eigenvalue weighted by atomic mass is 9.84. The lowest BCUT2D eigenvalue weighted by molar-refractivity contribution is 0.0915. The number of nitrogens with two attached hydrogens (primary N) is 1. The number of rotatable bonds is 7. The van der Waals surface area contributed by atoms with Gasteiger partial charge in [0.25, 0.3) is 5.91 Å². The third-order valence-corrected chi connectivity index (χ3v) is 6.83. The van der Waals surface area contributed by atoms with Crippen LogP contribution in [0.2, 0.25) is 0 Å². The Bertz CT molecular complexity index is 708. The molecule has 1 aliphatic carbocycles. The molecular formula is C20H27N3OS2. The van der Waals surface area contributed by atoms with Crippen LogP contribution in [0.5, 0.6) is 0 Å². The topological polar surface area (TPSA) is 68.0 Å². The van der Waals surface area contributed by atoms with Crippen LogP contribution in [0.4, 0.5) is 0 Å². The van der Waals surface area contributed by atoms with Gasteiger partial charge in [-0.15, -0.1) is 23.1 Å². The molecule has 0 radical (unpaired) electrons. The minimum absolute atomic E-state index is 0.0160. The monoisotopic (exact) mass is 389 g/mol. The minimum atomic E-state index is -0.0160. The fraction of sp³-hybridized carbons (Fsp3) is 0.500. The van der Waals surface area contributed by atoms with Crippen molar-refractivity contribution >= 4 is 29.0 Å². The molecular weight excluding hydrogens is 362 g/mol. The van der Waals surface area contributed by atoms with Gasteiger partial charge < -0.3 is 11.1 Å². The number of thioether (sulfide) groups is 1. The molecule has 1 aromatic carbocycles. The number of nitrogens with zero attached hydrogens (tertiary/aromatic N) is 1. The first kappa shape index (κ1) is 19.4. The third-order valence-electron chi connectivity index (χ3n) is 4.96. The van der Waals surface area contributed by atoms with Crippen molar-refractivity contribution in [3.05, 3.63) is 45.9 Å². The Kier molecular flexibility index (Phi) is 7.11. The lowest BCUT2D eigenvalue weighted by Crippen LogP contribution is -2.45. The molecule has 0 aliphatic heterocycles. The van der Waals surface area contributed by atoms with Gasteiger partial charge in [0, 0.05) is 34.2 Å². The summed E-state index contributed by atoms with van der Waals surface area (Å²) in [4.78, 5) is 18.2. The summed E-state index contributed by atoms with van der Waals surface area (Å²) in [5, 5.41) is 6.35. The molecule has 1 aromatic heterocycles. The van der Waals surface area contributed by atoms with Crippen LogP contribution in [0, 0.1) is 12.8 Å². The van der Waals surface area contributed by atoms with Crippen LogP contribution >= 0.6 is 23.1 Å². The molecule has 1 fully saturated rings. The number of thiazole rings is 1. The van der Waals surface area contributed by atoms with E-state index in [1.165, 1.54) is 32.1 Å². The zero-order chi connectivity index (χ0) is 18.4. The van der Waals surface area contributed by atoms with Crippen LogP contribution in [-0.2, 0) is 5.75 Å². The molecule has 140 valence electrons. The maximum Gasteiger partial charge on any atom is 0.251 e. The van der Waals surface area contributed by atoms with Gasteiger partial charge in [0.15, 0.2) is 0 Å². The average Bonchev–Trinajstić information content (AvgIpc) is 3.10. The zero-order valence-corrected chi connectivity index (χ0v) is 16.9. The molecule has 0 spiro atoms. The number of benzene rings is 1. The van der Waals surface area contributed by atoms with Gasteiger partial charge in [-0.3, -0.25) is 4.79 Å². The van der Waals surface area contributed by atoms with Gasteiger partial charge in [-0.05, 0) is 49.9 Å². The van der Waals surface area contributed by atoms with Crippen LogP contribution in [0.3, 0.4) is 0 Å². The predicted molar refractivity (Wildman–Crippen MR) is 110 cm³/mol. The Labute approximate surface area is 164 Å². The zero-order valence-electron chi connectivity index (χ0n) is 15.2. The summed E-state index contributed by atoms with van der Waals surface area (Å²) in [6.45, 7) is 2.53. The van der Waals surface area contributed by atoms with Gasteiger partial charge in [0.1, 0.15) is 0 Å². The Balaban J connectivity index is 1.54. The Hall–Kier alpha value is -1.37. The molecule has 0 saturated heterocycles. The SMILES string of the molecule is Cc1nc(CSc2ccc(C(=O)NC(CN)C3CCCCC3)cc2)cs1. The van der Waals surface area contributed by atoms with E-state index in [0.717, 1.165) is 21.3 Å². The maximum absolute atomic E-state index is 12.6. The van der Waals surface area contributed by atoms with Crippen molar-refractivity contribution in [3.8, 4) is 0 Å². The van der Waals surface area contributed by atoms with Gasteiger partial charge in [-0.1, -0.05) is 19.3 Å². The van der Waals surface area contributed by atoms with Gasteiger partial charge in [-0.25, -0.2) is 4.98 Å². The first-order chi connectivity index (χ1) is 12.7. The van der Waals surface area contributed by atoms with E-state index in [9.17, 15) is 4.79 Å². The van der Waals surface area contributed by atoms with E-state index in [0.29, 0.717) is 18.0 Å². The highest BCUT2D eigenvalue weighted by Crippen LogP contribution is 2.27. The Morgan fingerprint density at radius 3 is 2.65 bits per heavy atom.